The number of amides is 1. The van der Waals surface area contributed by atoms with Gasteiger partial charge in [0.2, 0.25) is 0 Å². The van der Waals surface area contributed by atoms with Gasteiger partial charge in [0.1, 0.15) is 23.0 Å². The first-order chi connectivity index (χ1) is 14.9. The van der Waals surface area contributed by atoms with Gasteiger partial charge in [-0.2, -0.15) is 0 Å². The quantitative estimate of drug-likeness (QED) is 0.580. The third-order valence-electron chi connectivity index (χ3n) is 4.83. The molecule has 0 bridgehead atoms. The third-order valence-corrected chi connectivity index (χ3v) is 4.83. The molecule has 7 heteroatoms. The molecule has 1 heterocycles. The zero-order valence-electron chi connectivity index (χ0n) is 18.2. The van der Waals surface area contributed by atoms with Crippen molar-refractivity contribution in [3.05, 3.63) is 87.1 Å². The maximum Gasteiger partial charge on any atom is 0.270 e. The molecule has 1 aromatic heterocycles. The van der Waals surface area contributed by atoms with Crippen LogP contribution in [0.15, 0.2) is 53.3 Å². The molecule has 7 nitrogen and oxygen atoms in total. The van der Waals surface area contributed by atoms with Crippen molar-refractivity contribution < 1.29 is 14.3 Å². The van der Waals surface area contributed by atoms with E-state index in [2.05, 4.69) is 15.3 Å². The standard InChI is InChI=1S/C24H27N3O4/c1-5-31-21-11-6-15(2)12-19(21)16(3)25-24(29)20-14-23(28)27-22(26-20)13-17-7-9-18(30-4)10-8-17/h6-12,14,16H,5,13H2,1-4H3,(H,25,29)(H,26,27,28). The number of aromatic nitrogens is 2. The number of rotatable bonds is 8. The number of carbonyl (C=O) groups excluding carboxylic acids is 1. The smallest absolute Gasteiger partial charge is 0.270 e. The SMILES string of the molecule is CCOc1ccc(C)cc1C(C)NC(=O)c1cc(=O)[nH]c(Cc2ccc(OC)cc2)n1. The van der Waals surface area contributed by atoms with E-state index in [1.54, 1.807) is 7.11 Å². The number of aryl methyl sites for hydroxylation is 1. The second-order valence-electron chi connectivity index (χ2n) is 7.27. The first-order valence-electron chi connectivity index (χ1n) is 10.2. The summed E-state index contributed by atoms with van der Waals surface area (Å²) in [6, 6.07) is 14.2. The summed E-state index contributed by atoms with van der Waals surface area (Å²) in [5.74, 6) is 1.47. The highest BCUT2D eigenvalue weighted by atomic mass is 16.5. The van der Waals surface area contributed by atoms with Crippen molar-refractivity contribution >= 4 is 5.91 Å². The topological polar surface area (TPSA) is 93.3 Å². The Hall–Kier alpha value is -3.61. The number of hydrogen-bond acceptors (Lipinski definition) is 5. The van der Waals surface area contributed by atoms with Crippen LogP contribution in [-0.2, 0) is 6.42 Å². The molecular formula is C24H27N3O4. The lowest BCUT2D eigenvalue weighted by Gasteiger charge is -2.18. The van der Waals surface area contributed by atoms with E-state index in [1.807, 2.05) is 63.2 Å². The fourth-order valence-corrected chi connectivity index (χ4v) is 3.29. The lowest BCUT2D eigenvalue weighted by atomic mass is 10.0. The summed E-state index contributed by atoms with van der Waals surface area (Å²) >= 11 is 0. The molecule has 2 aromatic carbocycles. The first-order valence-corrected chi connectivity index (χ1v) is 10.2. The Morgan fingerprint density at radius 3 is 2.58 bits per heavy atom. The number of benzene rings is 2. The number of carbonyl (C=O) groups is 1. The number of aromatic amines is 1. The van der Waals surface area contributed by atoms with Gasteiger partial charge < -0.3 is 19.8 Å². The molecule has 0 saturated heterocycles. The fourth-order valence-electron chi connectivity index (χ4n) is 3.29. The molecular weight excluding hydrogens is 394 g/mol. The van der Waals surface area contributed by atoms with Crippen LogP contribution in [0.25, 0.3) is 0 Å². The maximum atomic E-state index is 12.8. The minimum Gasteiger partial charge on any atom is -0.497 e. The van der Waals surface area contributed by atoms with E-state index in [1.165, 1.54) is 6.07 Å². The number of ether oxygens (including phenoxy) is 2. The number of H-pyrrole nitrogens is 1. The molecule has 31 heavy (non-hydrogen) atoms. The van der Waals surface area contributed by atoms with Crippen LogP contribution in [0.3, 0.4) is 0 Å². The van der Waals surface area contributed by atoms with Crippen molar-refractivity contribution in [1.29, 1.82) is 0 Å². The van der Waals surface area contributed by atoms with Crippen LogP contribution >= 0.6 is 0 Å². The van der Waals surface area contributed by atoms with E-state index in [4.69, 9.17) is 9.47 Å². The van der Waals surface area contributed by atoms with Gasteiger partial charge in [0.05, 0.1) is 19.8 Å². The van der Waals surface area contributed by atoms with Gasteiger partial charge >= 0.3 is 0 Å². The second kappa shape index (κ2) is 9.93. The molecule has 0 spiro atoms. The molecule has 0 aliphatic heterocycles. The van der Waals surface area contributed by atoms with Gasteiger partial charge in [-0.1, -0.05) is 29.8 Å². The molecule has 162 valence electrons. The molecule has 2 N–H and O–H groups in total. The molecule has 0 fully saturated rings. The van der Waals surface area contributed by atoms with Gasteiger partial charge in [-0.25, -0.2) is 4.98 Å². The summed E-state index contributed by atoms with van der Waals surface area (Å²) in [7, 11) is 1.60. The number of hydrogen-bond donors (Lipinski definition) is 2. The van der Waals surface area contributed by atoms with E-state index < -0.39 is 5.91 Å². The van der Waals surface area contributed by atoms with Crippen molar-refractivity contribution in [3.63, 3.8) is 0 Å². The summed E-state index contributed by atoms with van der Waals surface area (Å²) in [5, 5.41) is 2.92. The van der Waals surface area contributed by atoms with Crippen molar-refractivity contribution in [2.75, 3.05) is 13.7 Å². The second-order valence-corrected chi connectivity index (χ2v) is 7.27. The van der Waals surface area contributed by atoms with Crippen molar-refractivity contribution in [2.45, 2.75) is 33.2 Å². The third kappa shape index (κ3) is 5.72. The molecule has 1 atom stereocenters. The van der Waals surface area contributed by atoms with E-state index in [0.717, 1.165) is 28.2 Å². The van der Waals surface area contributed by atoms with E-state index in [0.29, 0.717) is 18.9 Å². The normalized spacial score (nSPS) is 11.6. The van der Waals surface area contributed by atoms with Gasteiger partial charge in [0.25, 0.3) is 11.5 Å². The van der Waals surface area contributed by atoms with Crippen molar-refractivity contribution in [2.24, 2.45) is 0 Å². The minimum atomic E-state index is -0.418. The first kappa shape index (κ1) is 22.1. The van der Waals surface area contributed by atoms with Crippen molar-refractivity contribution in [1.82, 2.24) is 15.3 Å². The van der Waals surface area contributed by atoms with Crippen LogP contribution in [0, 0.1) is 6.92 Å². The average molecular weight is 421 g/mol. The van der Waals surface area contributed by atoms with Crippen LogP contribution in [0.2, 0.25) is 0 Å². The maximum absolute atomic E-state index is 12.8. The van der Waals surface area contributed by atoms with Gasteiger partial charge in [0.15, 0.2) is 0 Å². The fraction of sp³-hybridized carbons (Fsp3) is 0.292. The van der Waals surface area contributed by atoms with Gasteiger partial charge in [-0.3, -0.25) is 9.59 Å². The molecule has 0 aliphatic rings. The Bertz CT molecular complexity index is 1110. The Labute approximate surface area is 181 Å². The lowest BCUT2D eigenvalue weighted by Crippen LogP contribution is -2.29. The van der Waals surface area contributed by atoms with Crippen LogP contribution in [0.5, 0.6) is 11.5 Å². The summed E-state index contributed by atoms with van der Waals surface area (Å²) < 4.78 is 10.8. The monoisotopic (exact) mass is 421 g/mol. The van der Waals surface area contributed by atoms with E-state index in [9.17, 15) is 9.59 Å². The van der Waals surface area contributed by atoms with Crippen LogP contribution < -0.4 is 20.3 Å². The number of nitrogens with zero attached hydrogens (tertiary/aromatic N) is 1. The number of nitrogens with one attached hydrogen (secondary N) is 2. The minimum absolute atomic E-state index is 0.0738. The molecule has 0 radical (unpaired) electrons. The Morgan fingerprint density at radius 2 is 1.90 bits per heavy atom. The Kier molecular flexibility index (Phi) is 7.07. The zero-order valence-corrected chi connectivity index (χ0v) is 18.2. The molecule has 0 aliphatic carbocycles. The van der Waals surface area contributed by atoms with E-state index >= 15 is 0 Å². The van der Waals surface area contributed by atoms with Gasteiger partial charge in [-0.05, 0) is 44.5 Å². The molecule has 1 unspecified atom stereocenters. The molecule has 0 saturated carbocycles. The zero-order chi connectivity index (χ0) is 22.4. The van der Waals surface area contributed by atoms with Gasteiger partial charge in [0, 0.05) is 18.1 Å². The molecule has 3 aromatic rings. The highest BCUT2D eigenvalue weighted by Gasteiger charge is 2.17. The van der Waals surface area contributed by atoms with Crippen LogP contribution in [0.4, 0.5) is 0 Å². The van der Waals surface area contributed by atoms with Gasteiger partial charge in [-0.15, -0.1) is 0 Å². The van der Waals surface area contributed by atoms with Crippen molar-refractivity contribution in [3.8, 4) is 11.5 Å². The summed E-state index contributed by atoms with van der Waals surface area (Å²) in [5.41, 5.74) is 2.58. The van der Waals surface area contributed by atoms with E-state index in [-0.39, 0.29) is 17.3 Å². The van der Waals surface area contributed by atoms with Crippen LogP contribution in [-0.4, -0.2) is 29.6 Å². The lowest BCUT2D eigenvalue weighted by molar-refractivity contribution is 0.0933. The summed E-state index contributed by atoms with van der Waals surface area (Å²) in [6.45, 7) is 6.30. The average Bonchev–Trinajstić information content (AvgIpc) is 2.75. The highest BCUT2D eigenvalue weighted by molar-refractivity contribution is 5.92. The largest absolute Gasteiger partial charge is 0.497 e. The predicted molar refractivity (Wildman–Crippen MR) is 119 cm³/mol. The molecule has 1 amide bonds. The Morgan fingerprint density at radius 1 is 1.16 bits per heavy atom. The summed E-state index contributed by atoms with van der Waals surface area (Å²) in [4.78, 5) is 32.0. The highest BCUT2D eigenvalue weighted by Crippen LogP contribution is 2.26. The number of methoxy groups -OCH3 is 1. The predicted octanol–water partition coefficient (Wildman–Crippen LogP) is 3.57. The van der Waals surface area contributed by atoms with Crippen LogP contribution in [0.1, 0.15) is 52.9 Å². The summed E-state index contributed by atoms with van der Waals surface area (Å²) in [6.07, 6.45) is 0.391. The Balaban J connectivity index is 1.79. The molecule has 3 rings (SSSR count).